The van der Waals surface area contributed by atoms with Crippen LogP contribution in [0.1, 0.15) is 17.5 Å². The number of rotatable bonds is 9. The zero-order valence-electron chi connectivity index (χ0n) is 23.1. The Labute approximate surface area is 246 Å². The van der Waals surface area contributed by atoms with Gasteiger partial charge in [-0.3, -0.25) is 0 Å². The molecule has 1 aromatic heterocycles. The molecule has 2 atom stereocenters. The predicted octanol–water partition coefficient (Wildman–Crippen LogP) is 4.62. The molecule has 0 radical (unpaired) electrons. The molecule has 1 aliphatic rings. The lowest BCUT2D eigenvalue weighted by atomic mass is 10.1. The van der Waals surface area contributed by atoms with Crippen LogP contribution in [0.3, 0.4) is 0 Å². The second-order valence-corrected chi connectivity index (χ2v) is 12.9. The van der Waals surface area contributed by atoms with Crippen molar-refractivity contribution in [3.05, 3.63) is 96.1 Å². The fraction of sp³-hybridized carbons (Fsp3) is 0.300. The number of nitriles is 1. The molecule has 214 valence electrons. The highest BCUT2D eigenvalue weighted by atomic mass is 32.2. The Morgan fingerprint density at radius 2 is 1.68 bits per heavy atom. The number of nitrogen functional groups attached to an aromatic ring is 1. The zero-order chi connectivity index (χ0) is 29.2. The lowest BCUT2D eigenvalue weighted by molar-refractivity contribution is 0.342. The van der Waals surface area contributed by atoms with Gasteiger partial charge in [0, 0.05) is 29.2 Å². The van der Waals surface area contributed by atoms with E-state index in [-0.39, 0.29) is 11.3 Å². The topological polar surface area (TPSA) is 127 Å². The van der Waals surface area contributed by atoms with Crippen LogP contribution in [-0.2, 0) is 28.7 Å². The van der Waals surface area contributed by atoms with E-state index in [2.05, 4.69) is 16.4 Å². The highest BCUT2D eigenvalue weighted by Crippen LogP contribution is 2.33. The number of nitrogens with zero attached hydrogens (tertiary/aromatic N) is 5. The maximum Gasteiger partial charge on any atom is 0.211 e. The number of thioether (sulfide) groups is 1. The third kappa shape index (κ3) is 8.33. The second-order valence-electron chi connectivity index (χ2n) is 9.70. The number of sulfonamides is 1. The van der Waals surface area contributed by atoms with E-state index in [9.17, 15) is 8.42 Å². The Morgan fingerprint density at radius 1 is 1.02 bits per heavy atom. The van der Waals surface area contributed by atoms with Gasteiger partial charge < -0.3 is 10.5 Å². The summed E-state index contributed by atoms with van der Waals surface area (Å²) in [5.74, 6) is 2.07. The van der Waals surface area contributed by atoms with Gasteiger partial charge in [-0.2, -0.15) is 21.3 Å². The molecule has 1 saturated heterocycles. The van der Waals surface area contributed by atoms with Crippen LogP contribution < -0.4 is 10.5 Å². The van der Waals surface area contributed by atoms with Crippen LogP contribution in [-0.4, -0.2) is 58.9 Å². The second kappa shape index (κ2) is 14.2. The van der Waals surface area contributed by atoms with E-state index < -0.39 is 10.0 Å². The van der Waals surface area contributed by atoms with Crippen molar-refractivity contribution in [3.8, 4) is 23.1 Å². The summed E-state index contributed by atoms with van der Waals surface area (Å²) < 4.78 is 33.3. The van der Waals surface area contributed by atoms with Crippen LogP contribution >= 0.6 is 11.8 Å². The summed E-state index contributed by atoms with van der Waals surface area (Å²) in [4.78, 5) is 0. The summed E-state index contributed by atoms with van der Waals surface area (Å²) in [6, 6.07) is 29.1. The zero-order valence-corrected chi connectivity index (χ0v) is 24.8. The molecule has 0 amide bonds. The maximum absolute atomic E-state index is 12.5. The Morgan fingerprint density at radius 3 is 2.29 bits per heavy atom. The van der Waals surface area contributed by atoms with Crippen molar-refractivity contribution in [1.29, 1.82) is 5.26 Å². The van der Waals surface area contributed by atoms with E-state index in [1.54, 1.807) is 27.9 Å². The first-order valence-corrected chi connectivity index (χ1v) is 16.0. The summed E-state index contributed by atoms with van der Waals surface area (Å²) in [7, 11) is -1.71. The van der Waals surface area contributed by atoms with Gasteiger partial charge in [-0.1, -0.05) is 78.0 Å². The number of methoxy groups -OCH3 is 1. The van der Waals surface area contributed by atoms with Gasteiger partial charge in [-0.15, -0.1) is 5.10 Å². The number of anilines is 1. The van der Waals surface area contributed by atoms with Gasteiger partial charge in [-0.05, 0) is 29.7 Å². The van der Waals surface area contributed by atoms with Crippen molar-refractivity contribution in [2.75, 3.05) is 25.6 Å². The van der Waals surface area contributed by atoms with Gasteiger partial charge in [0.25, 0.3) is 0 Å². The minimum Gasteiger partial charge on any atom is -0.497 e. The minimum atomic E-state index is -3.35. The molecule has 2 heterocycles. The monoisotopic (exact) mass is 590 g/mol. The van der Waals surface area contributed by atoms with Crippen molar-refractivity contribution >= 4 is 27.6 Å². The summed E-state index contributed by atoms with van der Waals surface area (Å²) in [5, 5.41) is 16.9. The van der Waals surface area contributed by atoms with Crippen molar-refractivity contribution in [2.45, 2.75) is 36.4 Å². The van der Waals surface area contributed by atoms with Gasteiger partial charge >= 0.3 is 0 Å². The lowest BCUT2D eigenvalue weighted by Gasteiger charge is -2.21. The van der Waals surface area contributed by atoms with Gasteiger partial charge in [0.15, 0.2) is 0 Å². The average molecular weight is 591 g/mol. The largest absolute Gasteiger partial charge is 0.497 e. The number of aromatic nitrogens is 3. The van der Waals surface area contributed by atoms with E-state index in [1.165, 1.54) is 11.8 Å². The normalized spacial score (nSPS) is 16.9. The van der Waals surface area contributed by atoms with Crippen LogP contribution in [0.25, 0.3) is 11.3 Å². The molecule has 41 heavy (non-hydrogen) atoms. The molecule has 9 nitrogen and oxygen atoms in total. The van der Waals surface area contributed by atoms with Gasteiger partial charge in [0.1, 0.15) is 17.3 Å². The predicted molar refractivity (Wildman–Crippen MR) is 164 cm³/mol. The van der Waals surface area contributed by atoms with Crippen molar-refractivity contribution in [3.63, 3.8) is 0 Å². The highest BCUT2D eigenvalue weighted by molar-refractivity contribution is 7.99. The molecule has 0 unspecified atom stereocenters. The van der Waals surface area contributed by atoms with Crippen LogP contribution in [0.5, 0.6) is 5.75 Å². The minimum absolute atomic E-state index is 0.190. The van der Waals surface area contributed by atoms with Gasteiger partial charge in [-0.25, -0.2) is 13.1 Å². The molecule has 4 aromatic rings. The first kappa shape index (κ1) is 30.1. The number of ether oxygens (including phenoxy) is 1. The van der Waals surface area contributed by atoms with Crippen molar-refractivity contribution in [2.24, 2.45) is 0 Å². The molecule has 5 rings (SSSR count). The fourth-order valence-electron chi connectivity index (χ4n) is 4.62. The lowest BCUT2D eigenvalue weighted by Crippen LogP contribution is -2.37. The van der Waals surface area contributed by atoms with Crippen LogP contribution in [0.2, 0.25) is 0 Å². The maximum atomic E-state index is 12.5. The summed E-state index contributed by atoms with van der Waals surface area (Å²) in [6.07, 6.45) is 2.51. The quantitative estimate of drug-likeness (QED) is 0.299. The molecule has 3 aromatic carbocycles. The van der Waals surface area contributed by atoms with Gasteiger partial charge in [0.2, 0.25) is 10.0 Å². The third-order valence-corrected chi connectivity index (χ3v) is 9.34. The molecule has 1 fully saturated rings. The van der Waals surface area contributed by atoms with E-state index in [0.29, 0.717) is 31.0 Å². The molecular weight excluding hydrogens is 557 g/mol. The molecular formula is C30H34N6O3S2. The first-order chi connectivity index (χ1) is 19.8. The Balaban J connectivity index is 0.000000367. The highest BCUT2D eigenvalue weighted by Gasteiger charge is 2.38. The van der Waals surface area contributed by atoms with E-state index in [1.807, 2.05) is 84.9 Å². The van der Waals surface area contributed by atoms with Crippen LogP contribution in [0, 0.1) is 11.3 Å². The standard InChI is InChI=1S/C22H27N5O3S2.C8H7N/c1-30-19-10-8-16(9-11-19)15-31-20-12-18(27(14-20)32(2,28)29)13-26-22(23)21(24-25-26)17-6-4-3-5-7-17;9-7-6-8-4-2-1-3-5-8/h3-11,18,20H,12-15,23H2,1-2H3;1-5H,6H2/t18-,20+;/m0./s1. The number of hydrogen-bond donors (Lipinski definition) is 1. The van der Waals surface area contributed by atoms with Crippen LogP contribution in [0.4, 0.5) is 5.82 Å². The molecule has 0 aliphatic carbocycles. The van der Waals surface area contributed by atoms with E-state index in [0.717, 1.165) is 29.1 Å². The average Bonchev–Trinajstić information content (AvgIpc) is 3.57. The molecule has 0 saturated carbocycles. The van der Waals surface area contributed by atoms with E-state index >= 15 is 0 Å². The molecule has 0 spiro atoms. The van der Waals surface area contributed by atoms with Crippen LogP contribution in [0.15, 0.2) is 84.9 Å². The van der Waals surface area contributed by atoms with Gasteiger partial charge in [0.05, 0.1) is 32.4 Å². The Kier molecular flexibility index (Phi) is 10.4. The molecule has 0 bridgehead atoms. The fourth-order valence-corrected chi connectivity index (χ4v) is 7.10. The number of nitrogens with two attached hydrogens (primary N) is 1. The van der Waals surface area contributed by atoms with Crippen molar-refractivity contribution in [1.82, 2.24) is 19.3 Å². The molecule has 2 N–H and O–H groups in total. The summed E-state index contributed by atoms with van der Waals surface area (Å²) in [6.45, 7) is 0.850. The van der Waals surface area contributed by atoms with Crippen molar-refractivity contribution < 1.29 is 13.2 Å². The Bertz CT molecular complexity index is 1540. The van der Waals surface area contributed by atoms with E-state index in [4.69, 9.17) is 15.7 Å². The summed E-state index contributed by atoms with van der Waals surface area (Å²) in [5.41, 5.74) is 10.1. The molecule has 11 heteroatoms. The smallest absolute Gasteiger partial charge is 0.211 e. The third-order valence-electron chi connectivity index (χ3n) is 6.73. The molecule has 1 aliphatic heterocycles. The summed E-state index contributed by atoms with van der Waals surface area (Å²) >= 11 is 1.77. The SMILES string of the molecule is COc1ccc(CS[C@@H]2C[C@@H](Cn3nnc(-c4ccccc4)c3N)N(S(C)(=O)=O)C2)cc1.N#CCc1ccccc1. The Hall–Kier alpha value is -3.85. The number of benzene rings is 3. The first-order valence-electron chi connectivity index (χ1n) is 13.1. The number of hydrogen-bond acceptors (Lipinski definition) is 8.